The molecule has 0 bridgehead atoms. The molecule has 32 heavy (non-hydrogen) atoms. The zero-order valence-electron chi connectivity index (χ0n) is 17.2. The highest BCUT2D eigenvalue weighted by Crippen LogP contribution is 2.50. The summed E-state index contributed by atoms with van der Waals surface area (Å²) in [5.74, 6) is -0.869. The maximum Gasteiger partial charge on any atom is 0.418 e. The molecule has 4 rings (SSSR count). The van der Waals surface area contributed by atoms with Gasteiger partial charge in [-0.05, 0) is 49.1 Å². The number of ether oxygens (including phenoxy) is 1. The first kappa shape index (κ1) is 21.9. The van der Waals surface area contributed by atoms with E-state index in [9.17, 15) is 27.2 Å². The molecule has 2 aromatic carbocycles. The van der Waals surface area contributed by atoms with Crippen molar-refractivity contribution in [2.45, 2.75) is 30.9 Å². The lowest BCUT2D eigenvalue weighted by molar-refractivity contribution is -0.143. The summed E-state index contributed by atoms with van der Waals surface area (Å²) in [7, 11) is 1.54. The largest absolute Gasteiger partial charge is 0.497 e. The Bertz CT molecular complexity index is 1040. The van der Waals surface area contributed by atoms with Crippen LogP contribution in [-0.2, 0) is 16.4 Å². The van der Waals surface area contributed by atoms with Crippen LogP contribution in [0.1, 0.15) is 30.4 Å². The summed E-state index contributed by atoms with van der Waals surface area (Å²) >= 11 is 0. The summed E-state index contributed by atoms with van der Waals surface area (Å²) in [4.78, 5) is 26.2. The van der Waals surface area contributed by atoms with Gasteiger partial charge in [0, 0.05) is 13.1 Å². The van der Waals surface area contributed by atoms with Gasteiger partial charge in [-0.1, -0.05) is 18.2 Å². The van der Waals surface area contributed by atoms with Crippen LogP contribution in [0, 0.1) is 5.82 Å². The van der Waals surface area contributed by atoms with Gasteiger partial charge in [0.15, 0.2) is 0 Å². The summed E-state index contributed by atoms with van der Waals surface area (Å²) in [6.07, 6.45) is -3.20. The lowest BCUT2D eigenvalue weighted by Gasteiger charge is -2.31. The van der Waals surface area contributed by atoms with Crippen molar-refractivity contribution in [1.82, 2.24) is 10.0 Å². The Hall–Kier alpha value is -3.30. The molecule has 1 heterocycles. The maximum absolute atomic E-state index is 14.1. The minimum atomic E-state index is -4.85. The van der Waals surface area contributed by atoms with Crippen molar-refractivity contribution < 1.29 is 31.9 Å². The van der Waals surface area contributed by atoms with E-state index >= 15 is 0 Å². The topological polar surface area (TPSA) is 61.9 Å². The first-order chi connectivity index (χ1) is 15.2. The standard InChI is InChI=1S/C22H21F4N3O3/c1-32-15-8-6-14(7-9-15)21(10-11-21)19(30)28-12-3-13-29(28)20(31)27-18-16(22(24,25)26)4-2-5-17(18)23/h2,4-9H,3,10-13H2,1H3,(H,27,31). The first-order valence-corrected chi connectivity index (χ1v) is 10.1. The number of alkyl halides is 3. The van der Waals surface area contributed by atoms with Gasteiger partial charge in [-0.3, -0.25) is 4.79 Å². The summed E-state index contributed by atoms with van der Waals surface area (Å²) in [5.41, 5.74) is -2.26. The average Bonchev–Trinajstić information content (AvgIpc) is 3.43. The third kappa shape index (κ3) is 3.85. The minimum Gasteiger partial charge on any atom is -0.497 e. The van der Waals surface area contributed by atoms with Gasteiger partial charge in [0.25, 0.3) is 5.91 Å². The number of carbonyl (C=O) groups is 2. The van der Waals surface area contributed by atoms with E-state index in [0.29, 0.717) is 31.1 Å². The molecular formula is C22H21F4N3O3. The van der Waals surface area contributed by atoms with Gasteiger partial charge in [-0.15, -0.1) is 0 Å². The third-order valence-electron chi connectivity index (χ3n) is 5.85. The molecule has 2 fully saturated rings. The molecule has 1 N–H and O–H groups in total. The molecule has 0 aromatic heterocycles. The fourth-order valence-corrected chi connectivity index (χ4v) is 4.00. The number of urea groups is 1. The number of amides is 3. The van der Waals surface area contributed by atoms with Crippen molar-refractivity contribution in [3.63, 3.8) is 0 Å². The molecule has 2 aromatic rings. The molecule has 1 aliphatic carbocycles. The zero-order chi connectivity index (χ0) is 23.1. The van der Waals surface area contributed by atoms with E-state index in [-0.39, 0.29) is 19.0 Å². The second-order valence-electron chi connectivity index (χ2n) is 7.81. The highest BCUT2D eigenvalue weighted by atomic mass is 19.4. The molecule has 6 nitrogen and oxygen atoms in total. The van der Waals surface area contributed by atoms with Crippen molar-refractivity contribution in [2.75, 3.05) is 25.5 Å². The van der Waals surface area contributed by atoms with Gasteiger partial charge >= 0.3 is 12.2 Å². The van der Waals surface area contributed by atoms with Gasteiger partial charge in [0.1, 0.15) is 11.6 Å². The van der Waals surface area contributed by atoms with Crippen molar-refractivity contribution >= 4 is 17.6 Å². The zero-order valence-corrected chi connectivity index (χ0v) is 17.2. The van der Waals surface area contributed by atoms with E-state index in [1.807, 2.05) is 5.32 Å². The Kier molecular flexibility index (Phi) is 5.47. The lowest BCUT2D eigenvalue weighted by Crippen LogP contribution is -2.50. The molecule has 1 aliphatic heterocycles. The smallest absolute Gasteiger partial charge is 0.418 e. The number of anilines is 1. The van der Waals surface area contributed by atoms with E-state index in [4.69, 9.17) is 4.74 Å². The Morgan fingerprint density at radius 3 is 2.28 bits per heavy atom. The van der Waals surface area contributed by atoms with Crippen LogP contribution in [0.25, 0.3) is 0 Å². The molecule has 1 saturated carbocycles. The van der Waals surface area contributed by atoms with E-state index in [2.05, 4.69) is 0 Å². The van der Waals surface area contributed by atoms with E-state index in [1.165, 1.54) is 12.1 Å². The number of hydrogen-bond donors (Lipinski definition) is 1. The maximum atomic E-state index is 14.1. The normalized spacial score (nSPS) is 17.3. The summed E-state index contributed by atoms with van der Waals surface area (Å²) in [5, 5.41) is 4.33. The molecule has 1 saturated heterocycles. The van der Waals surface area contributed by atoms with Crippen LogP contribution >= 0.6 is 0 Å². The number of hydrazine groups is 1. The Morgan fingerprint density at radius 1 is 1.03 bits per heavy atom. The number of para-hydroxylation sites is 1. The van der Waals surface area contributed by atoms with E-state index in [1.54, 1.807) is 24.3 Å². The van der Waals surface area contributed by atoms with Gasteiger partial charge in [-0.25, -0.2) is 19.2 Å². The fourth-order valence-electron chi connectivity index (χ4n) is 4.00. The van der Waals surface area contributed by atoms with Crippen molar-refractivity contribution in [2.24, 2.45) is 0 Å². The Labute approximate surface area is 181 Å². The number of halogens is 4. The second-order valence-corrected chi connectivity index (χ2v) is 7.81. The molecule has 10 heteroatoms. The fraction of sp³-hybridized carbons (Fsp3) is 0.364. The number of carbonyl (C=O) groups excluding carboxylic acids is 2. The SMILES string of the molecule is COc1ccc(C2(C(=O)N3CCCN3C(=O)Nc3c(F)cccc3C(F)(F)F)CC2)cc1. The van der Waals surface area contributed by atoms with Gasteiger partial charge in [0.05, 0.1) is 23.8 Å². The number of nitrogens with zero attached hydrogens (tertiary/aromatic N) is 2. The van der Waals surface area contributed by atoms with E-state index in [0.717, 1.165) is 22.7 Å². The van der Waals surface area contributed by atoms with Crippen LogP contribution in [-0.4, -0.2) is 42.2 Å². The molecule has 0 unspecified atom stereocenters. The predicted octanol–water partition coefficient (Wildman–Crippen LogP) is 4.57. The summed E-state index contributed by atoms with van der Waals surface area (Å²) in [6, 6.07) is 8.53. The van der Waals surface area contributed by atoms with Gasteiger partial charge in [0.2, 0.25) is 0 Å². The minimum absolute atomic E-state index is 0.131. The first-order valence-electron chi connectivity index (χ1n) is 10.1. The number of rotatable bonds is 4. The molecule has 0 radical (unpaired) electrons. The number of nitrogens with one attached hydrogen (secondary N) is 1. The van der Waals surface area contributed by atoms with Crippen molar-refractivity contribution in [1.29, 1.82) is 0 Å². The van der Waals surface area contributed by atoms with Crippen LogP contribution in [0.15, 0.2) is 42.5 Å². The predicted molar refractivity (Wildman–Crippen MR) is 107 cm³/mol. The van der Waals surface area contributed by atoms with Crippen molar-refractivity contribution in [3.05, 3.63) is 59.4 Å². The lowest BCUT2D eigenvalue weighted by atomic mass is 9.94. The van der Waals surface area contributed by atoms with Crippen LogP contribution < -0.4 is 10.1 Å². The Morgan fingerprint density at radius 2 is 1.69 bits per heavy atom. The molecule has 0 spiro atoms. The van der Waals surface area contributed by atoms with Crippen molar-refractivity contribution in [3.8, 4) is 5.75 Å². The van der Waals surface area contributed by atoms with Crippen LogP contribution in [0.4, 0.5) is 28.0 Å². The number of hydrogen-bond acceptors (Lipinski definition) is 3. The number of benzene rings is 2. The van der Waals surface area contributed by atoms with Gasteiger partial charge < -0.3 is 10.1 Å². The highest BCUT2D eigenvalue weighted by molar-refractivity contribution is 5.96. The second kappa shape index (κ2) is 7.99. The summed E-state index contributed by atoms with van der Waals surface area (Å²) in [6.45, 7) is 0.375. The van der Waals surface area contributed by atoms with Gasteiger partial charge in [-0.2, -0.15) is 13.2 Å². The molecule has 2 aliphatic rings. The molecule has 0 atom stereocenters. The molecule has 3 amide bonds. The monoisotopic (exact) mass is 451 g/mol. The average molecular weight is 451 g/mol. The van der Waals surface area contributed by atoms with E-state index < -0.39 is 34.7 Å². The van der Waals surface area contributed by atoms with Crippen LogP contribution in [0.3, 0.4) is 0 Å². The third-order valence-corrected chi connectivity index (χ3v) is 5.85. The Balaban J connectivity index is 1.55. The quantitative estimate of drug-likeness (QED) is 0.693. The summed E-state index contributed by atoms with van der Waals surface area (Å²) < 4.78 is 59.1. The number of methoxy groups -OCH3 is 1. The van der Waals surface area contributed by atoms with Crippen LogP contribution in [0.5, 0.6) is 5.75 Å². The van der Waals surface area contributed by atoms with Crippen LogP contribution in [0.2, 0.25) is 0 Å². The molecular weight excluding hydrogens is 430 g/mol. The molecule has 170 valence electrons. The highest BCUT2D eigenvalue weighted by Gasteiger charge is 2.55.